The number of nitrogen functional groups attached to an aromatic ring is 1. The van der Waals surface area contributed by atoms with E-state index in [4.69, 9.17) is 11.1 Å². The van der Waals surface area contributed by atoms with Gasteiger partial charge < -0.3 is 10.3 Å². The summed E-state index contributed by atoms with van der Waals surface area (Å²) in [6.07, 6.45) is 0. The lowest BCUT2D eigenvalue weighted by atomic mass is 10.2. The Kier molecular flexibility index (Phi) is 4.13. The fourth-order valence-electron chi connectivity index (χ4n) is 1.87. The number of benzene rings is 1. The molecule has 20 heavy (non-hydrogen) atoms. The number of aryl methyl sites for hydroxylation is 1. The maximum Gasteiger partial charge on any atom is 0.150 e. The first-order valence-electron chi connectivity index (χ1n) is 6.15. The molecular weight excluding hydrogens is 252 g/mol. The molecule has 0 aliphatic carbocycles. The molecule has 0 radical (unpaired) electrons. The van der Waals surface area contributed by atoms with Crippen LogP contribution in [0, 0.1) is 18.3 Å². The van der Waals surface area contributed by atoms with E-state index >= 15 is 0 Å². The zero-order chi connectivity index (χ0) is 14.5. The maximum absolute atomic E-state index is 8.79. The summed E-state index contributed by atoms with van der Waals surface area (Å²) < 4.78 is 0. The Labute approximate surface area is 117 Å². The van der Waals surface area contributed by atoms with Crippen molar-refractivity contribution in [2.75, 3.05) is 17.4 Å². The van der Waals surface area contributed by atoms with Gasteiger partial charge in [-0.2, -0.15) is 5.26 Å². The molecule has 1 aromatic heterocycles. The molecule has 6 nitrogen and oxygen atoms in total. The van der Waals surface area contributed by atoms with Gasteiger partial charge in [0.15, 0.2) is 0 Å². The lowest BCUT2D eigenvalue weighted by molar-refractivity contribution is 0.829. The minimum atomic E-state index is 0.558. The Morgan fingerprint density at radius 2 is 2.00 bits per heavy atom. The van der Waals surface area contributed by atoms with Crippen LogP contribution in [0.25, 0.3) is 0 Å². The summed E-state index contributed by atoms with van der Waals surface area (Å²) in [7, 11) is 1.95. The Hall–Kier alpha value is -2.65. The van der Waals surface area contributed by atoms with Crippen LogP contribution >= 0.6 is 0 Å². The van der Waals surface area contributed by atoms with Gasteiger partial charge in [-0.15, -0.1) is 0 Å². The summed E-state index contributed by atoms with van der Waals surface area (Å²) in [4.78, 5) is 10.7. The number of nitrogens with two attached hydrogens (primary N) is 1. The van der Waals surface area contributed by atoms with Gasteiger partial charge in [0.2, 0.25) is 0 Å². The molecule has 0 aliphatic rings. The highest BCUT2D eigenvalue weighted by atomic mass is 15.3. The molecule has 0 saturated heterocycles. The Morgan fingerprint density at radius 3 is 2.60 bits per heavy atom. The molecule has 0 saturated carbocycles. The first-order valence-corrected chi connectivity index (χ1v) is 6.15. The third kappa shape index (κ3) is 3.22. The quantitative estimate of drug-likeness (QED) is 0.646. The SMILES string of the molecule is Cc1cc(NN)nc(CN(C)c2ccc(C#N)cc2)n1. The van der Waals surface area contributed by atoms with Crippen molar-refractivity contribution in [3.05, 3.63) is 47.4 Å². The van der Waals surface area contributed by atoms with Crippen molar-refractivity contribution < 1.29 is 0 Å². The molecule has 0 fully saturated rings. The predicted octanol–water partition coefficient (Wildman–Crippen LogP) is 1.58. The van der Waals surface area contributed by atoms with Crippen molar-refractivity contribution in [2.24, 2.45) is 5.84 Å². The zero-order valence-electron chi connectivity index (χ0n) is 11.5. The number of aromatic nitrogens is 2. The fourth-order valence-corrected chi connectivity index (χ4v) is 1.87. The van der Waals surface area contributed by atoms with E-state index in [1.165, 1.54) is 0 Å². The lowest BCUT2D eigenvalue weighted by Crippen LogP contribution is -2.19. The van der Waals surface area contributed by atoms with Crippen LogP contribution in [-0.2, 0) is 6.54 Å². The summed E-state index contributed by atoms with van der Waals surface area (Å²) in [5.74, 6) is 6.66. The lowest BCUT2D eigenvalue weighted by Gasteiger charge is -2.18. The molecule has 0 spiro atoms. The standard InChI is InChI=1S/C14H16N6/c1-10-7-13(19-16)18-14(17-10)9-20(2)12-5-3-11(8-15)4-6-12/h3-7H,9,16H2,1-2H3,(H,17,18,19). The molecule has 102 valence electrons. The smallest absolute Gasteiger partial charge is 0.150 e. The minimum absolute atomic E-state index is 0.558. The molecule has 2 aromatic rings. The van der Waals surface area contributed by atoms with E-state index in [0.717, 1.165) is 11.4 Å². The number of hydrogen-bond acceptors (Lipinski definition) is 6. The van der Waals surface area contributed by atoms with Crippen LogP contribution < -0.4 is 16.2 Å². The number of nitriles is 1. The number of nitrogens with zero attached hydrogens (tertiary/aromatic N) is 4. The number of hydrogen-bond donors (Lipinski definition) is 2. The van der Waals surface area contributed by atoms with E-state index in [1.807, 2.05) is 31.0 Å². The van der Waals surface area contributed by atoms with Crippen LogP contribution in [0.1, 0.15) is 17.1 Å². The van der Waals surface area contributed by atoms with Gasteiger partial charge in [0, 0.05) is 24.5 Å². The molecule has 1 heterocycles. The topological polar surface area (TPSA) is 90.9 Å². The van der Waals surface area contributed by atoms with E-state index in [0.29, 0.717) is 23.8 Å². The van der Waals surface area contributed by atoms with Crippen molar-refractivity contribution in [3.63, 3.8) is 0 Å². The van der Waals surface area contributed by atoms with Gasteiger partial charge >= 0.3 is 0 Å². The highest BCUT2D eigenvalue weighted by Crippen LogP contribution is 2.16. The maximum atomic E-state index is 8.79. The second-order valence-corrected chi connectivity index (χ2v) is 4.47. The van der Waals surface area contributed by atoms with Crippen LogP contribution in [0.15, 0.2) is 30.3 Å². The van der Waals surface area contributed by atoms with E-state index in [-0.39, 0.29) is 0 Å². The van der Waals surface area contributed by atoms with Crippen LogP contribution in [0.5, 0.6) is 0 Å². The number of hydrazine groups is 1. The third-order valence-corrected chi connectivity index (χ3v) is 2.86. The molecule has 0 aliphatic heterocycles. The molecule has 0 unspecified atom stereocenters. The molecular formula is C14H16N6. The van der Waals surface area contributed by atoms with Crippen molar-refractivity contribution in [2.45, 2.75) is 13.5 Å². The number of anilines is 2. The first-order chi connectivity index (χ1) is 9.62. The third-order valence-electron chi connectivity index (χ3n) is 2.86. The summed E-state index contributed by atoms with van der Waals surface area (Å²) in [5, 5.41) is 8.79. The van der Waals surface area contributed by atoms with Crippen molar-refractivity contribution in [3.8, 4) is 6.07 Å². The zero-order valence-corrected chi connectivity index (χ0v) is 11.5. The molecule has 2 rings (SSSR count). The molecule has 0 bridgehead atoms. The van der Waals surface area contributed by atoms with Gasteiger partial charge in [0.25, 0.3) is 0 Å². The van der Waals surface area contributed by atoms with Gasteiger partial charge in [-0.25, -0.2) is 15.8 Å². The highest BCUT2D eigenvalue weighted by molar-refractivity contribution is 5.49. The average molecular weight is 268 g/mol. The minimum Gasteiger partial charge on any atom is -0.367 e. The molecule has 0 amide bonds. The normalized spacial score (nSPS) is 9.90. The van der Waals surface area contributed by atoms with Crippen molar-refractivity contribution in [1.29, 1.82) is 5.26 Å². The molecule has 0 atom stereocenters. The largest absolute Gasteiger partial charge is 0.367 e. The average Bonchev–Trinajstić information content (AvgIpc) is 2.46. The van der Waals surface area contributed by atoms with Crippen molar-refractivity contribution >= 4 is 11.5 Å². The van der Waals surface area contributed by atoms with Crippen LogP contribution in [-0.4, -0.2) is 17.0 Å². The van der Waals surface area contributed by atoms with Crippen molar-refractivity contribution in [1.82, 2.24) is 9.97 Å². The van der Waals surface area contributed by atoms with E-state index in [2.05, 4.69) is 21.5 Å². The Balaban J connectivity index is 2.16. The predicted molar refractivity (Wildman–Crippen MR) is 77.8 cm³/mol. The van der Waals surface area contributed by atoms with Crippen LogP contribution in [0.4, 0.5) is 11.5 Å². The summed E-state index contributed by atoms with van der Waals surface area (Å²) in [5.41, 5.74) is 5.03. The van der Waals surface area contributed by atoms with Gasteiger partial charge in [-0.1, -0.05) is 0 Å². The van der Waals surface area contributed by atoms with Gasteiger partial charge in [-0.05, 0) is 31.2 Å². The molecule has 3 N–H and O–H groups in total. The highest BCUT2D eigenvalue weighted by Gasteiger charge is 2.06. The van der Waals surface area contributed by atoms with Gasteiger partial charge in [-0.3, -0.25) is 0 Å². The van der Waals surface area contributed by atoms with Gasteiger partial charge in [0.1, 0.15) is 11.6 Å². The number of nitrogens with one attached hydrogen (secondary N) is 1. The summed E-state index contributed by atoms with van der Waals surface area (Å²) in [6.45, 7) is 2.45. The summed E-state index contributed by atoms with van der Waals surface area (Å²) in [6, 6.07) is 11.3. The number of rotatable bonds is 4. The first kappa shape index (κ1) is 13.8. The van der Waals surface area contributed by atoms with E-state index < -0.39 is 0 Å². The van der Waals surface area contributed by atoms with Gasteiger partial charge in [0.05, 0.1) is 18.2 Å². The van der Waals surface area contributed by atoms with E-state index in [9.17, 15) is 0 Å². The summed E-state index contributed by atoms with van der Waals surface area (Å²) >= 11 is 0. The second-order valence-electron chi connectivity index (χ2n) is 4.47. The second kappa shape index (κ2) is 5.99. The fraction of sp³-hybridized carbons (Fsp3) is 0.214. The van der Waals surface area contributed by atoms with Crippen LogP contribution in [0.2, 0.25) is 0 Å². The molecule has 1 aromatic carbocycles. The molecule has 6 heteroatoms. The van der Waals surface area contributed by atoms with E-state index in [1.54, 1.807) is 18.2 Å². The Morgan fingerprint density at radius 1 is 1.30 bits per heavy atom. The monoisotopic (exact) mass is 268 g/mol. The Bertz CT molecular complexity index is 629. The van der Waals surface area contributed by atoms with Crippen LogP contribution in [0.3, 0.4) is 0 Å².